The maximum Gasteiger partial charge on any atom is 0.226 e. The first-order valence-electron chi connectivity index (χ1n) is 5.58. The molecule has 0 saturated carbocycles. The van der Waals surface area contributed by atoms with E-state index in [1.54, 1.807) is 12.1 Å². The minimum atomic E-state index is 0.601. The summed E-state index contributed by atoms with van der Waals surface area (Å²) in [6.45, 7) is 0.693. The Balaban J connectivity index is 2.04. The van der Waals surface area contributed by atoms with Crippen LogP contribution in [0.5, 0.6) is 0 Å². The Bertz CT molecular complexity index is 467. The second-order valence-electron chi connectivity index (χ2n) is 3.76. The van der Waals surface area contributed by atoms with Crippen LogP contribution in [-0.4, -0.2) is 16.7 Å². The highest BCUT2D eigenvalue weighted by atomic mass is 35.5. The molecule has 0 unspecified atom stereocenters. The first kappa shape index (κ1) is 12.1. The third-order valence-corrected chi connectivity index (χ3v) is 2.67. The van der Waals surface area contributed by atoms with E-state index in [1.165, 1.54) is 0 Å². The molecular weight excluding hydrogens is 238 g/mol. The highest BCUT2D eigenvalue weighted by molar-refractivity contribution is 6.30. The average Bonchev–Trinajstić information content (AvgIpc) is 2.79. The topological polar surface area (TPSA) is 64.9 Å². The Labute approximate surface area is 105 Å². The van der Waals surface area contributed by atoms with Crippen molar-refractivity contribution in [3.63, 3.8) is 0 Å². The van der Waals surface area contributed by atoms with Crippen LogP contribution in [0.4, 0.5) is 0 Å². The van der Waals surface area contributed by atoms with E-state index in [0.29, 0.717) is 23.3 Å². The van der Waals surface area contributed by atoms with Crippen molar-refractivity contribution >= 4 is 11.6 Å². The monoisotopic (exact) mass is 251 g/mol. The molecule has 1 aromatic heterocycles. The van der Waals surface area contributed by atoms with Gasteiger partial charge < -0.3 is 10.3 Å². The lowest BCUT2D eigenvalue weighted by Gasteiger charge is -1.93. The number of nitrogens with zero attached hydrogens (tertiary/aromatic N) is 2. The molecule has 0 aliphatic rings. The van der Waals surface area contributed by atoms with E-state index in [4.69, 9.17) is 21.9 Å². The van der Waals surface area contributed by atoms with Crippen LogP contribution in [0.1, 0.15) is 18.7 Å². The zero-order valence-corrected chi connectivity index (χ0v) is 10.2. The molecule has 5 heteroatoms. The Morgan fingerprint density at radius 2 is 1.94 bits per heavy atom. The molecule has 2 rings (SSSR count). The van der Waals surface area contributed by atoms with Gasteiger partial charge in [0.2, 0.25) is 11.7 Å². The lowest BCUT2D eigenvalue weighted by Crippen LogP contribution is -1.99. The number of benzene rings is 1. The molecule has 0 spiro atoms. The molecule has 2 N–H and O–H groups in total. The van der Waals surface area contributed by atoms with Crippen LogP contribution in [-0.2, 0) is 6.42 Å². The van der Waals surface area contributed by atoms with Gasteiger partial charge in [0.05, 0.1) is 0 Å². The first-order chi connectivity index (χ1) is 8.29. The van der Waals surface area contributed by atoms with Crippen LogP contribution in [0.2, 0.25) is 5.02 Å². The predicted molar refractivity (Wildman–Crippen MR) is 66.7 cm³/mol. The maximum atomic E-state index is 5.81. The summed E-state index contributed by atoms with van der Waals surface area (Å²) >= 11 is 5.81. The molecular formula is C12H14ClN3O. The van der Waals surface area contributed by atoms with Crippen molar-refractivity contribution in [2.24, 2.45) is 5.73 Å². The van der Waals surface area contributed by atoms with Gasteiger partial charge in [0.1, 0.15) is 0 Å². The van der Waals surface area contributed by atoms with Crippen LogP contribution in [0.15, 0.2) is 28.8 Å². The van der Waals surface area contributed by atoms with Gasteiger partial charge in [-0.1, -0.05) is 16.8 Å². The molecule has 2 aromatic rings. The number of hydrogen-bond acceptors (Lipinski definition) is 4. The molecule has 0 atom stereocenters. The smallest absolute Gasteiger partial charge is 0.226 e. The van der Waals surface area contributed by atoms with Crippen molar-refractivity contribution in [1.29, 1.82) is 0 Å². The number of rotatable bonds is 5. The van der Waals surface area contributed by atoms with Crippen molar-refractivity contribution in [2.45, 2.75) is 19.3 Å². The Hall–Kier alpha value is -1.39. The molecule has 0 aliphatic carbocycles. The lowest BCUT2D eigenvalue weighted by molar-refractivity contribution is 0.375. The average molecular weight is 252 g/mol. The summed E-state index contributed by atoms with van der Waals surface area (Å²) < 4.78 is 5.16. The third kappa shape index (κ3) is 3.28. The largest absolute Gasteiger partial charge is 0.339 e. The second-order valence-corrected chi connectivity index (χ2v) is 4.20. The van der Waals surface area contributed by atoms with Crippen LogP contribution in [0, 0.1) is 0 Å². The summed E-state index contributed by atoms with van der Waals surface area (Å²) in [4.78, 5) is 4.32. The van der Waals surface area contributed by atoms with Gasteiger partial charge in [0, 0.05) is 17.0 Å². The minimum Gasteiger partial charge on any atom is -0.339 e. The van der Waals surface area contributed by atoms with Crippen molar-refractivity contribution < 1.29 is 4.52 Å². The number of halogens is 1. The van der Waals surface area contributed by atoms with Gasteiger partial charge in [-0.25, -0.2) is 0 Å². The maximum absolute atomic E-state index is 5.81. The van der Waals surface area contributed by atoms with Gasteiger partial charge >= 0.3 is 0 Å². The number of hydrogen-bond donors (Lipinski definition) is 1. The number of aromatic nitrogens is 2. The first-order valence-corrected chi connectivity index (χ1v) is 5.96. The van der Waals surface area contributed by atoms with Gasteiger partial charge in [-0.15, -0.1) is 0 Å². The van der Waals surface area contributed by atoms with Crippen molar-refractivity contribution in [2.75, 3.05) is 6.54 Å². The van der Waals surface area contributed by atoms with Crippen molar-refractivity contribution in [1.82, 2.24) is 10.1 Å². The Morgan fingerprint density at radius 1 is 1.18 bits per heavy atom. The Morgan fingerprint density at radius 3 is 2.65 bits per heavy atom. The number of aryl methyl sites for hydroxylation is 1. The van der Waals surface area contributed by atoms with E-state index in [-0.39, 0.29) is 0 Å². The molecule has 0 aliphatic heterocycles. The third-order valence-electron chi connectivity index (χ3n) is 2.42. The minimum absolute atomic E-state index is 0.601. The fourth-order valence-electron chi connectivity index (χ4n) is 1.49. The van der Waals surface area contributed by atoms with Crippen LogP contribution >= 0.6 is 11.6 Å². The standard InChI is InChI=1S/C12H14ClN3O/c13-10-6-4-9(5-7-10)12-15-11(17-16-12)3-1-2-8-14/h4-7H,1-3,8,14H2. The fourth-order valence-corrected chi connectivity index (χ4v) is 1.62. The quantitative estimate of drug-likeness (QED) is 0.830. The van der Waals surface area contributed by atoms with Crippen LogP contribution < -0.4 is 5.73 Å². The summed E-state index contributed by atoms with van der Waals surface area (Å²) in [6, 6.07) is 7.36. The SMILES string of the molecule is NCCCCc1nc(-c2ccc(Cl)cc2)no1. The van der Waals surface area contributed by atoms with E-state index in [9.17, 15) is 0 Å². The van der Waals surface area contributed by atoms with Gasteiger partial charge in [-0.05, 0) is 43.7 Å². The summed E-state index contributed by atoms with van der Waals surface area (Å²) in [7, 11) is 0. The van der Waals surface area contributed by atoms with E-state index in [1.807, 2.05) is 12.1 Å². The molecule has 17 heavy (non-hydrogen) atoms. The highest BCUT2D eigenvalue weighted by Crippen LogP contribution is 2.18. The Kier molecular flexibility index (Phi) is 4.12. The molecule has 1 aromatic carbocycles. The molecule has 0 radical (unpaired) electrons. The van der Waals surface area contributed by atoms with Crippen molar-refractivity contribution in [3.05, 3.63) is 35.2 Å². The number of nitrogens with two attached hydrogens (primary N) is 1. The zero-order chi connectivity index (χ0) is 12.1. The zero-order valence-electron chi connectivity index (χ0n) is 9.40. The number of unbranched alkanes of at least 4 members (excludes halogenated alkanes) is 1. The molecule has 90 valence electrons. The molecule has 4 nitrogen and oxygen atoms in total. The molecule has 0 bridgehead atoms. The molecule has 1 heterocycles. The normalized spacial score (nSPS) is 10.7. The molecule has 0 fully saturated rings. The highest BCUT2D eigenvalue weighted by Gasteiger charge is 2.07. The van der Waals surface area contributed by atoms with Gasteiger partial charge in [0.25, 0.3) is 0 Å². The van der Waals surface area contributed by atoms with Gasteiger partial charge in [0.15, 0.2) is 0 Å². The van der Waals surface area contributed by atoms with Gasteiger partial charge in [-0.2, -0.15) is 4.98 Å². The molecule has 0 amide bonds. The van der Waals surface area contributed by atoms with Crippen molar-refractivity contribution in [3.8, 4) is 11.4 Å². The second kappa shape index (κ2) is 5.80. The summed E-state index contributed by atoms with van der Waals surface area (Å²) in [6.07, 6.45) is 2.72. The van der Waals surface area contributed by atoms with E-state index in [0.717, 1.165) is 24.8 Å². The predicted octanol–water partition coefficient (Wildman–Crippen LogP) is 2.67. The fraction of sp³-hybridized carbons (Fsp3) is 0.333. The van der Waals surface area contributed by atoms with E-state index >= 15 is 0 Å². The summed E-state index contributed by atoms with van der Waals surface area (Å²) in [5, 5.41) is 4.63. The van der Waals surface area contributed by atoms with Crippen LogP contribution in [0.25, 0.3) is 11.4 Å². The molecule has 0 saturated heterocycles. The van der Waals surface area contributed by atoms with Crippen LogP contribution in [0.3, 0.4) is 0 Å². The lowest BCUT2D eigenvalue weighted by atomic mass is 10.2. The van der Waals surface area contributed by atoms with Gasteiger partial charge in [-0.3, -0.25) is 0 Å². The summed E-state index contributed by atoms with van der Waals surface area (Å²) in [5.74, 6) is 1.26. The summed E-state index contributed by atoms with van der Waals surface area (Å²) in [5.41, 5.74) is 6.33. The van der Waals surface area contributed by atoms with E-state index < -0.39 is 0 Å². The van der Waals surface area contributed by atoms with E-state index in [2.05, 4.69) is 10.1 Å².